The molecule has 2 N–H and O–H groups in total. The summed E-state index contributed by atoms with van der Waals surface area (Å²) in [4.78, 5) is 24.0. The second-order valence-electron chi connectivity index (χ2n) is 6.31. The van der Waals surface area contributed by atoms with Gasteiger partial charge in [0.25, 0.3) is 5.56 Å². The number of amides is 2. The van der Waals surface area contributed by atoms with Crippen LogP contribution in [-0.2, 0) is 11.3 Å². The van der Waals surface area contributed by atoms with Gasteiger partial charge in [-0.15, -0.1) is 0 Å². The highest BCUT2D eigenvalue weighted by Crippen LogP contribution is 2.18. The minimum absolute atomic E-state index is 0.0530. The molecule has 126 valence electrons. The maximum atomic E-state index is 12.2. The molecular weight excluding hydrogens is 306 g/mol. The van der Waals surface area contributed by atoms with Crippen LogP contribution in [0.25, 0.3) is 0 Å². The van der Waals surface area contributed by atoms with Gasteiger partial charge in [0, 0.05) is 24.6 Å². The van der Waals surface area contributed by atoms with Gasteiger partial charge in [-0.05, 0) is 37.1 Å². The molecule has 6 nitrogen and oxygen atoms in total. The van der Waals surface area contributed by atoms with E-state index in [1.54, 1.807) is 16.8 Å². The molecule has 6 heteroatoms. The predicted octanol–water partition coefficient (Wildman–Crippen LogP) is 2.20. The molecule has 1 aliphatic rings. The Morgan fingerprint density at radius 3 is 2.92 bits per heavy atom. The van der Waals surface area contributed by atoms with Crippen LogP contribution in [0.15, 0.2) is 53.5 Å². The quantitative estimate of drug-likeness (QED) is 0.904. The lowest BCUT2D eigenvalue weighted by atomic mass is 10.0. The second-order valence-corrected chi connectivity index (χ2v) is 6.31. The first-order chi connectivity index (χ1) is 11.5. The van der Waals surface area contributed by atoms with E-state index in [0.717, 1.165) is 12.0 Å². The molecule has 2 amide bonds. The Morgan fingerprint density at radius 2 is 2.17 bits per heavy atom. The minimum atomic E-state index is -0.320. The monoisotopic (exact) mass is 327 g/mol. The summed E-state index contributed by atoms with van der Waals surface area (Å²) in [5.41, 5.74) is 1.26. The number of nitrogens with one attached hydrogen (secondary N) is 2. The molecule has 1 aromatic heterocycles. The molecule has 1 aliphatic heterocycles. The van der Waals surface area contributed by atoms with Gasteiger partial charge in [0.2, 0.25) is 0 Å². The van der Waals surface area contributed by atoms with Gasteiger partial charge in [0.15, 0.2) is 0 Å². The summed E-state index contributed by atoms with van der Waals surface area (Å²) in [6.45, 7) is 3.62. The van der Waals surface area contributed by atoms with Crippen molar-refractivity contribution < 1.29 is 9.53 Å². The van der Waals surface area contributed by atoms with Crippen LogP contribution >= 0.6 is 0 Å². The smallest absolute Gasteiger partial charge is 0.319 e. The van der Waals surface area contributed by atoms with Crippen LogP contribution in [0.1, 0.15) is 18.9 Å². The Kier molecular flexibility index (Phi) is 4.66. The number of pyridine rings is 1. The summed E-state index contributed by atoms with van der Waals surface area (Å²) in [7, 11) is 0. The number of urea groups is 1. The van der Waals surface area contributed by atoms with E-state index in [9.17, 15) is 9.59 Å². The Balaban J connectivity index is 1.66. The highest BCUT2D eigenvalue weighted by Gasteiger charge is 2.31. The second kappa shape index (κ2) is 6.88. The molecule has 0 unspecified atom stereocenters. The summed E-state index contributed by atoms with van der Waals surface area (Å²) in [5.74, 6) is 0. The number of rotatable bonds is 4. The van der Waals surface area contributed by atoms with Crippen molar-refractivity contribution in [2.75, 3.05) is 18.5 Å². The van der Waals surface area contributed by atoms with E-state index >= 15 is 0 Å². The number of carbonyl (C=O) groups is 1. The Morgan fingerprint density at radius 1 is 1.29 bits per heavy atom. The summed E-state index contributed by atoms with van der Waals surface area (Å²) >= 11 is 0. The molecule has 2 heterocycles. The van der Waals surface area contributed by atoms with Crippen LogP contribution < -0.4 is 16.2 Å². The molecule has 0 bridgehead atoms. The third-order valence-corrected chi connectivity index (χ3v) is 4.07. The van der Waals surface area contributed by atoms with Gasteiger partial charge < -0.3 is 19.9 Å². The predicted molar refractivity (Wildman–Crippen MR) is 92.2 cm³/mol. The van der Waals surface area contributed by atoms with Crippen molar-refractivity contribution in [2.24, 2.45) is 0 Å². The Bertz CT molecular complexity index is 779. The summed E-state index contributed by atoms with van der Waals surface area (Å²) < 4.78 is 6.95. The van der Waals surface area contributed by atoms with E-state index in [0.29, 0.717) is 25.4 Å². The number of hydrogen-bond donors (Lipinski definition) is 2. The van der Waals surface area contributed by atoms with Crippen LogP contribution in [0.4, 0.5) is 10.5 Å². The van der Waals surface area contributed by atoms with E-state index in [2.05, 4.69) is 10.6 Å². The number of ether oxygens (including phenoxy) is 1. The molecule has 1 aromatic carbocycles. The zero-order valence-corrected chi connectivity index (χ0v) is 13.6. The number of aromatic nitrogens is 1. The number of nitrogens with zero attached hydrogens (tertiary/aromatic N) is 1. The third-order valence-electron chi connectivity index (χ3n) is 4.07. The molecule has 0 spiro atoms. The zero-order chi connectivity index (χ0) is 17.0. The molecule has 0 saturated carbocycles. The number of hydrogen-bond acceptors (Lipinski definition) is 3. The van der Waals surface area contributed by atoms with Gasteiger partial charge in [-0.25, -0.2) is 4.79 Å². The van der Waals surface area contributed by atoms with Crippen LogP contribution in [-0.4, -0.2) is 29.4 Å². The summed E-state index contributed by atoms with van der Waals surface area (Å²) in [5, 5.41) is 5.79. The first kappa shape index (κ1) is 16.3. The molecule has 2 aromatic rings. The maximum Gasteiger partial charge on any atom is 0.319 e. The fourth-order valence-electron chi connectivity index (χ4n) is 2.74. The van der Waals surface area contributed by atoms with Gasteiger partial charge in [-0.1, -0.05) is 18.2 Å². The van der Waals surface area contributed by atoms with Crippen molar-refractivity contribution in [1.29, 1.82) is 0 Å². The highest BCUT2D eigenvalue weighted by atomic mass is 16.5. The summed E-state index contributed by atoms with van der Waals surface area (Å²) in [6, 6.07) is 12.3. The van der Waals surface area contributed by atoms with Crippen molar-refractivity contribution in [3.8, 4) is 0 Å². The fourth-order valence-corrected chi connectivity index (χ4v) is 2.74. The highest BCUT2D eigenvalue weighted by molar-refractivity contribution is 5.89. The molecule has 1 saturated heterocycles. The Labute approximate surface area is 140 Å². The van der Waals surface area contributed by atoms with Crippen molar-refractivity contribution >= 4 is 11.7 Å². The van der Waals surface area contributed by atoms with Crippen molar-refractivity contribution in [3.05, 3.63) is 64.6 Å². The average Bonchev–Trinajstić information content (AvgIpc) is 2.96. The van der Waals surface area contributed by atoms with E-state index in [-0.39, 0.29) is 17.1 Å². The minimum Gasteiger partial charge on any atom is -0.379 e. The third kappa shape index (κ3) is 4.02. The summed E-state index contributed by atoms with van der Waals surface area (Å²) in [6.07, 6.45) is 2.55. The number of anilines is 1. The topological polar surface area (TPSA) is 72.4 Å². The van der Waals surface area contributed by atoms with Gasteiger partial charge in [-0.2, -0.15) is 0 Å². The van der Waals surface area contributed by atoms with Gasteiger partial charge in [-0.3, -0.25) is 4.79 Å². The normalized spacial score (nSPS) is 19.9. The van der Waals surface area contributed by atoms with Crippen LogP contribution in [0.2, 0.25) is 0 Å². The fraction of sp³-hybridized carbons (Fsp3) is 0.333. The van der Waals surface area contributed by atoms with Crippen LogP contribution in [0.3, 0.4) is 0 Å². The standard InChI is InChI=1S/C18H21N3O3/c1-18(8-10-24-13-18)20-17(23)19-15-6-4-5-14(11-15)12-21-9-3-2-7-16(21)22/h2-7,9,11H,8,10,12-13H2,1H3,(H2,19,20,23)/t18-/m1/s1. The van der Waals surface area contributed by atoms with Crippen molar-refractivity contribution in [2.45, 2.75) is 25.4 Å². The zero-order valence-electron chi connectivity index (χ0n) is 13.6. The van der Waals surface area contributed by atoms with Crippen LogP contribution in [0, 0.1) is 0 Å². The molecular formula is C18H21N3O3. The molecule has 1 fully saturated rings. The number of carbonyl (C=O) groups excluding carboxylic acids is 1. The molecule has 3 rings (SSSR count). The number of benzene rings is 1. The first-order valence-corrected chi connectivity index (χ1v) is 7.95. The van der Waals surface area contributed by atoms with Crippen molar-refractivity contribution in [3.63, 3.8) is 0 Å². The lowest BCUT2D eigenvalue weighted by molar-refractivity contribution is 0.172. The lowest BCUT2D eigenvalue weighted by Crippen LogP contribution is -2.48. The maximum absolute atomic E-state index is 12.2. The largest absolute Gasteiger partial charge is 0.379 e. The Hall–Kier alpha value is -2.60. The van der Waals surface area contributed by atoms with E-state index in [1.807, 2.05) is 37.3 Å². The lowest BCUT2D eigenvalue weighted by Gasteiger charge is -2.23. The van der Waals surface area contributed by atoms with Gasteiger partial charge in [0.1, 0.15) is 0 Å². The molecule has 0 radical (unpaired) electrons. The van der Waals surface area contributed by atoms with Gasteiger partial charge in [0.05, 0.1) is 18.7 Å². The molecule has 0 aliphatic carbocycles. The average molecular weight is 327 g/mol. The van der Waals surface area contributed by atoms with Crippen LogP contribution in [0.5, 0.6) is 0 Å². The molecule has 24 heavy (non-hydrogen) atoms. The SMILES string of the molecule is C[C@@]1(NC(=O)Nc2cccc(Cn3ccccc3=O)c2)CCOC1. The van der Waals surface area contributed by atoms with E-state index in [4.69, 9.17) is 4.74 Å². The molecule has 1 atom stereocenters. The van der Waals surface area contributed by atoms with E-state index < -0.39 is 0 Å². The van der Waals surface area contributed by atoms with Gasteiger partial charge >= 0.3 is 6.03 Å². The van der Waals surface area contributed by atoms with E-state index in [1.165, 1.54) is 6.07 Å². The first-order valence-electron chi connectivity index (χ1n) is 7.95. The van der Waals surface area contributed by atoms with Crippen molar-refractivity contribution in [1.82, 2.24) is 9.88 Å².